The molecule has 1 saturated heterocycles. The number of carbonyl (C=O) groups excluding carboxylic acids is 1. The number of hydrogen-bond acceptors (Lipinski definition) is 4. The van der Waals surface area contributed by atoms with Crippen LogP contribution in [0.2, 0.25) is 0 Å². The van der Waals surface area contributed by atoms with Crippen molar-refractivity contribution in [3.8, 4) is 11.5 Å². The average Bonchev–Trinajstić information content (AvgIpc) is 2.44. The van der Waals surface area contributed by atoms with Crippen LogP contribution >= 0.6 is 0 Å². The molecule has 1 heterocycles. The van der Waals surface area contributed by atoms with E-state index >= 15 is 0 Å². The van der Waals surface area contributed by atoms with Crippen molar-refractivity contribution in [3.63, 3.8) is 0 Å². The van der Waals surface area contributed by atoms with Crippen LogP contribution in [0.4, 0.5) is 0 Å². The summed E-state index contributed by atoms with van der Waals surface area (Å²) >= 11 is 0. The van der Waals surface area contributed by atoms with Crippen LogP contribution in [0.1, 0.15) is 31.2 Å². The Kier molecular flexibility index (Phi) is 5.24. The highest BCUT2D eigenvalue weighted by Crippen LogP contribution is 2.25. The molecule has 0 aromatic heterocycles. The van der Waals surface area contributed by atoms with Gasteiger partial charge in [0.25, 0.3) is 0 Å². The molecule has 1 aliphatic rings. The summed E-state index contributed by atoms with van der Waals surface area (Å²) in [6.45, 7) is 1.94. The van der Waals surface area contributed by atoms with Gasteiger partial charge in [-0.05, 0) is 56.5 Å². The first kappa shape index (κ1) is 14.7. The van der Waals surface area contributed by atoms with E-state index in [1.54, 1.807) is 12.1 Å². The SMILES string of the molecule is O=C(CCCc1ccc(O)c(O)c1)NC1CCNCC1. The number of piperidine rings is 1. The Morgan fingerprint density at radius 2 is 2.00 bits per heavy atom. The highest BCUT2D eigenvalue weighted by molar-refractivity contribution is 5.76. The standard InChI is InChI=1S/C15H22N2O3/c18-13-5-4-11(10-14(13)19)2-1-3-15(20)17-12-6-8-16-9-7-12/h4-5,10,12,16,18-19H,1-3,6-9H2,(H,17,20). The molecule has 4 N–H and O–H groups in total. The van der Waals surface area contributed by atoms with Gasteiger partial charge in [0.2, 0.25) is 5.91 Å². The van der Waals surface area contributed by atoms with Gasteiger partial charge in [-0.3, -0.25) is 4.79 Å². The smallest absolute Gasteiger partial charge is 0.220 e. The molecule has 1 amide bonds. The van der Waals surface area contributed by atoms with Gasteiger partial charge in [-0.1, -0.05) is 6.07 Å². The zero-order chi connectivity index (χ0) is 14.4. The third kappa shape index (κ3) is 4.42. The monoisotopic (exact) mass is 278 g/mol. The fourth-order valence-electron chi connectivity index (χ4n) is 2.44. The fraction of sp³-hybridized carbons (Fsp3) is 0.533. The van der Waals surface area contributed by atoms with E-state index in [2.05, 4.69) is 10.6 Å². The first-order chi connectivity index (χ1) is 9.65. The number of aryl methyl sites for hydroxylation is 1. The largest absolute Gasteiger partial charge is 0.504 e. The van der Waals surface area contributed by atoms with Crippen molar-refractivity contribution in [2.75, 3.05) is 13.1 Å². The second kappa shape index (κ2) is 7.14. The van der Waals surface area contributed by atoms with Gasteiger partial charge in [0.05, 0.1) is 0 Å². The van der Waals surface area contributed by atoms with E-state index in [0.29, 0.717) is 18.9 Å². The van der Waals surface area contributed by atoms with Gasteiger partial charge in [-0.15, -0.1) is 0 Å². The minimum atomic E-state index is -0.114. The maximum atomic E-state index is 11.8. The minimum Gasteiger partial charge on any atom is -0.504 e. The average molecular weight is 278 g/mol. The van der Waals surface area contributed by atoms with Crippen LogP contribution in [0.25, 0.3) is 0 Å². The number of carbonyl (C=O) groups is 1. The summed E-state index contributed by atoms with van der Waals surface area (Å²) in [5.41, 5.74) is 0.926. The molecular formula is C15H22N2O3. The van der Waals surface area contributed by atoms with Gasteiger partial charge in [-0.25, -0.2) is 0 Å². The quantitative estimate of drug-likeness (QED) is 0.612. The molecule has 0 radical (unpaired) electrons. The molecule has 1 aliphatic heterocycles. The minimum absolute atomic E-state index is 0.0971. The van der Waals surface area contributed by atoms with Crippen molar-refractivity contribution in [2.45, 2.75) is 38.1 Å². The Hall–Kier alpha value is -1.75. The van der Waals surface area contributed by atoms with Crippen molar-refractivity contribution < 1.29 is 15.0 Å². The summed E-state index contributed by atoms with van der Waals surface area (Å²) in [4.78, 5) is 11.8. The van der Waals surface area contributed by atoms with Crippen molar-refractivity contribution in [1.82, 2.24) is 10.6 Å². The van der Waals surface area contributed by atoms with Crippen molar-refractivity contribution in [1.29, 1.82) is 0 Å². The zero-order valence-corrected chi connectivity index (χ0v) is 11.6. The molecule has 2 rings (SSSR count). The van der Waals surface area contributed by atoms with Gasteiger partial charge in [0, 0.05) is 12.5 Å². The number of rotatable bonds is 5. The highest BCUT2D eigenvalue weighted by atomic mass is 16.3. The predicted molar refractivity (Wildman–Crippen MR) is 76.7 cm³/mol. The van der Waals surface area contributed by atoms with Gasteiger partial charge in [-0.2, -0.15) is 0 Å². The molecule has 20 heavy (non-hydrogen) atoms. The van der Waals surface area contributed by atoms with Crippen LogP contribution in [0.15, 0.2) is 18.2 Å². The van der Waals surface area contributed by atoms with Crippen LogP contribution in [0.3, 0.4) is 0 Å². The van der Waals surface area contributed by atoms with E-state index in [0.717, 1.165) is 37.9 Å². The zero-order valence-electron chi connectivity index (χ0n) is 11.6. The molecule has 0 spiro atoms. The number of hydrogen-bond donors (Lipinski definition) is 4. The molecule has 5 nitrogen and oxygen atoms in total. The van der Waals surface area contributed by atoms with E-state index in [-0.39, 0.29) is 17.4 Å². The summed E-state index contributed by atoms with van der Waals surface area (Å²) in [6.07, 6.45) is 3.94. The molecule has 0 atom stereocenters. The van der Waals surface area contributed by atoms with Crippen LogP contribution in [0, 0.1) is 0 Å². The first-order valence-electron chi connectivity index (χ1n) is 7.16. The van der Waals surface area contributed by atoms with Crippen molar-refractivity contribution >= 4 is 5.91 Å². The Labute approximate surface area is 119 Å². The van der Waals surface area contributed by atoms with Crippen LogP contribution in [-0.2, 0) is 11.2 Å². The number of nitrogens with one attached hydrogen (secondary N) is 2. The molecule has 0 saturated carbocycles. The number of phenolic OH excluding ortho intramolecular Hbond substituents is 2. The van der Waals surface area contributed by atoms with Crippen LogP contribution in [-0.4, -0.2) is 35.3 Å². The lowest BCUT2D eigenvalue weighted by Crippen LogP contribution is -2.42. The molecule has 110 valence electrons. The molecule has 1 fully saturated rings. The normalized spacial score (nSPS) is 16.0. The predicted octanol–water partition coefficient (Wildman–Crippen LogP) is 1.29. The number of amides is 1. The van der Waals surface area contributed by atoms with Crippen molar-refractivity contribution in [2.24, 2.45) is 0 Å². The summed E-state index contributed by atoms with van der Waals surface area (Å²) in [5, 5.41) is 24.9. The lowest BCUT2D eigenvalue weighted by atomic mass is 10.1. The lowest BCUT2D eigenvalue weighted by Gasteiger charge is -2.23. The first-order valence-corrected chi connectivity index (χ1v) is 7.16. The van der Waals surface area contributed by atoms with E-state index < -0.39 is 0 Å². The van der Waals surface area contributed by atoms with Crippen LogP contribution in [0.5, 0.6) is 11.5 Å². The Morgan fingerprint density at radius 3 is 2.70 bits per heavy atom. The van der Waals surface area contributed by atoms with Crippen LogP contribution < -0.4 is 10.6 Å². The third-order valence-electron chi connectivity index (χ3n) is 3.61. The number of benzene rings is 1. The van der Waals surface area contributed by atoms with E-state index in [1.165, 1.54) is 6.07 Å². The fourth-order valence-corrected chi connectivity index (χ4v) is 2.44. The molecular weight excluding hydrogens is 256 g/mol. The molecule has 0 bridgehead atoms. The second-order valence-electron chi connectivity index (χ2n) is 5.27. The maximum Gasteiger partial charge on any atom is 0.220 e. The molecule has 5 heteroatoms. The number of aromatic hydroxyl groups is 2. The topological polar surface area (TPSA) is 81.6 Å². The Balaban J connectivity index is 1.69. The molecule has 1 aromatic carbocycles. The second-order valence-corrected chi connectivity index (χ2v) is 5.27. The number of phenols is 2. The Morgan fingerprint density at radius 1 is 1.25 bits per heavy atom. The maximum absolute atomic E-state index is 11.8. The molecule has 0 unspecified atom stereocenters. The summed E-state index contributed by atoms with van der Waals surface area (Å²) in [5.74, 6) is -0.126. The molecule has 1 aromatic rings. The summed E-state index contributed by atoms with van der Waals surface area (Å²) < 4.78 is 0. The summed E-state index contributed by atoms with van der Waals surface area (Å²) in [6, 6.07) is 5.08. The van der Waals surface area contributed by atoms with Gasteiger partial charge >= 0.3 is 0 Å². The Bertz CT molecular complexity index is 456. The van der Waals surface area contributed by atoms with E-state index in [9.17, 15) is 15.0 Å². The highest BCUT2D eigenvalue weighted by Gasteiger charge is 2.14. The van der Waals surface area contributed by atoms with Crippen molar-refractivity contribution in [3.05, 3.63) is 23.8 Å². The molecule has 0 aliphatic carbocycles. The van der Waals surface area contributed by atoms with E-state index in [4.69, 9.17) is 0 Å². The van der Waals surface area contributed by atoms with E-state index in [1.807, 2.05) is 0 Å². The summed E-state index contributed by atoms with van der Waals surface area (Å²) in [7, 11) is 0. The van der Waals surface area contributed by atoms with Gasteiger partial charge in [0.15, 0.2) is 11.5 Å². The lowest BCUT2D eigenvalue weighted by molar-refractivity contribution is -0.122. The van der Waals surface area contributed by atoms with Gasteiger partial charge < -0.3 is 20.8 Å². The van der Waals surface area contributed by atoms with Gasteiger partial charge in [0.1, 0.15) is 0 Å². The third-order valence-corrected chi connectivity index (χ3v) is 3.61.